The van der Waals surface area contributed by atoms with Crippen LogP contribution in [0.3, 0.4) is 0 Å². The molecule has 1 aromatic carbocycles. The number of carbonyl (C=O) groups is 2. The molecule has 9 heteroatoms. The third-order valence-electron chi connectivity index (χ3n) is 3.53. The third-order valence-corrected chi connectivity index (χ3v) is 4.60. The van der Waals surface area contributed by atoms with Gasteiger partial charge in [-0.05, 0) is 39.0 Å². The average molecular weight is 425 g/mol. The minimum atomic E-state index is -0.345. The van der Waals surface area contributed by atoms with Crippen molar-refractivity contribution in [3.63, 3.8) is 0 Å². The molecular weight excluding hydrogens is 400 g/mol. The zero-order valence-electron chi connectivity index (χ0n) is 16.4. The van der Waals surface area contributed by atoms with Crippen molar-refractivity contribution in [3.8, 4) is 0 Å². The predicted octanol–water partition coefficient (Wildman–Crippen LogP) is 4.01. The lowest BCUT2D eigenvalue weighted by atomic mass is 10.1. The van der Waals surface area contributed by atoms with Gasteiger partial charge in [-0.1, -0.05) is 17.7 Å². The Bertz CT molecular complexity index is 820. The molecule has 7 nitrogen and oxygen atoms in total. The number of hydrogen-bond acceptors (Lipinski definition) is 5. The molecular formula is C19H25ClN4O3S. The Morgan fingerprint density at radius 2 is 2.07 bits per heavy atom. The van der Waals surface area contributed by atoms with Gasteiger partial charge in [0.15, 0.2) is 0 Å². The lowest BCUT2D eigenvalue weighted by Crippen LogP contribution is -2.40. The second-order valence-electron chi connectivity index (χ2n) is 7.19. The first-order valence-electron chi connectivity index (χ1n) is 8.75. The van der Waals surface area contributed by atoms with Crippen LogP contribution in [-0.2, 0) is 11.3 Å². The van der Waals surface area contributed by atoms with Crippen molar-refractivity contribution >= 4 is 40.6 Å². The van der Waals surface area contributed by atoms with Gasteiger partial charge in [-0.3, -0.25) is 4.79 Å². The second-order valence-corrected chi connectivity index (χ2v) is 8.56. The fraction of sp³-hybridized carbons (Fsp3) is 0.421. The number of aromatic nitrogens is 1. The SMILES string of the molecule is COCCN(Cc1nc(C(=O)NC(C)(C)C)cs1)C(=O)Nc1cccc(Cl)c1. The highest BCUT2D eigenvalue weighted by Crippen LogP contribution is 2.17. The maximum atomic E-state index is 12.7. The van der Waals surface area contributed by atoms with E-state index in [2.05, 4.69) is 15.6 Å². The second kappa shape index (κ2) is 9.86. The third kappa shape index (κ3) is 7.10. The fourth-order valence-electron chi connectivity index (χ4n) is 2.28. The van der Waals surface area contributed by atoms with Crippen LogP contribution in [0.25, 0.3) is 0 Å². The van der Waals surface area contributed by atoms with Crippen LogP contribution < -0.4 is 10.6 Å². The predicted molar refractivity (Wildman–Crippen MR) is 112 cm³/mol. The molecule has 2 N–H and O–H groups in total. The van der Waals surface area contributed by atoms with Crippen LogP contribution in [0.1, 0.15) is 36.3 Å². The van der Waals surface area contributed by atoms with Crippen molar-refractivity contribution in [3.05, 3.63) is 45.4 Å². The van der Waals surface area contributed by atoms with Gasteiger partial charge in [0.25, 0.3) is 5.91 Å². The maximum Gasteiger partial charge on any atom is 0.322 e. The summed E-state index contributed by atoms with van der Waals surface area (Å²) in [6.07, 6.45) is 0. The van der Waals surface area contributed by atoms with E-state index in [1.807, 2.05) is 20.8 Å². The number of thiazole rings is 1. The first-order chi connectivity index (χ1) is 13.2. The number of ether oxygens (including phenoxy) is 1. The summed E-state index contributed by atoms with van der Waals surface area (Å²) >= 11 is 7.30. The van der Waals surface area contributed by atoms with Crippen LogP contribution in [0.4, 0.5) is 10.5 Å². The van der Waals surface area contributed by atoms with Crippen molar-refractivity contribution in [2.45, 2.75) is 32.9 Å². The van der Waals surface area contributed by atoms with E-state index >= 15 is 0 Å². The minimum Gasteiger partial charge on any atom is -0.383 e. The molecule has 1 aromatic heterocycles. The van der Waals surface area contributed by atoms with Gasteiger partial charge in [-0.15, -0.1) is 11.3 Å². The van der Waals surface area contributed by atoms with Crippen LogP contribution in [0, 0.1) is 0 Å². The van der Waals surface area contributed by atoms with Gasteiger partial charge in [0.1, 0.15) is 10.7 Å². The van der Waals surface area contributed by atoms with Crippen LogP contribution in [0.2, 0.25) is 5.02 Å². The van der Waals surface area contributed by atoms with Gasteiger partial charge in [-0.2, -0.15) is 0 Å². The quantitative estimate of drug-likeness (QED) is 0.703. The van der Waals surface area contributed by atoms with E-state index < -0.39 is 0 Å². The summed E-state index contributed by atoms with van der Waals surface area (Å²) in [6.45, 7) is 6.75. The molecule has 2 aromatic rings. The number of amides is 3. The zero-order chi connectivity index (χ0) is 20.7. The Morgan fingerprint density at radius 3 is 2.71 bits per heavy atom. The number of methoxy groups -OCH3 is 1. The fourth-order valence-corrected chi connectivity index (χ4v) is 3.26. The molecule has 0 aliphatic heterocycles. The molecule has 0 atom stereocenters. The highest BCUT2D eigenvalue weighted by molar-refractivity contribution is 7.09. The summed E-state index contributed by atoms with van der Waals surface area (Å²) in [5.41, 5.74) is 0.600. The van der Waals surface area contributed by atoms with Crippen molar-refractivity contribution in [1.82, 2.24) is 15.2 Å². The topological polar surface area (TPSA) is 83.6 Å². The minimum absolute atomic E-state index is 0.234. The molecule has 1 heterocycles. The Labute approximate surface area is 174 Å². The molecule has 0 spiro atoms. The lowest BCUT2D eigenvalue weighted by molar-refractivity contribution is 0.0915. The number of anilines is 1. The van der Waals surface area contributed by atoms with Gasteiger partial charge in [0, 0.05) is 35.3 Å². The van der Waals surface area contributed by atoms with E-state index in [9.17, 15) is 9.59 Å². The molecule has 3 amide bonds. The number of nitrogens with zero attached hydrogens (tertiary/aromatic N) is 2. The number of halogens is 1. The van der Waals surface area contributed by atoms with Crippen LogP contribution in [0.5, 0.6) is 0 Å². The largest absolute Gasteiger partial charge is 0.383 e. The van der Waals surface area contributed by atoms with Gasteiger partial charge in [0.2, 0.25) is 0 Å². The Balaban J connectivity index is 2.07. The van der Waals surface area contributed by atoms with E-state index in [1.54, 1.807) is 41.7 Å². The molecule has 152 valence electrons. The van der Waals surface area contributed by atoms with E-state index in [4.69, 9.17) is 16.3 Å². The van der Waals surface area contributed by atoms with E-state index in [-0.39, 0.29) is 24.0 Å². The molecule has 0 saturated heterocycles. The smallest absolute Gasteiger partial charge is 0.322 e. The Hall–Kier alpha value is -2.16. The van der Waals surface area contributed by atoms with Crippen LogP contribution >= 0.6 is 22.9 Å². The number of hydrogen-bond donors (Lipinski definition) is 2. The zero-order valence-corrected chi connectivity index (χ0v) is 18.0. The number of benzene rings is 1. The summed E-state index contributed by atoms with van der Waals surface area (Å²) in [6, 6.07) is 6.64. The highest BCUT2D eigenvalue weighted by Gasteiger charge is 2.20. The van der Waals surface area contributed by atoms with Crippen LogP contribution in [-0.4, -0.2) is 47.6 Å². The molecule has 0 saturated carbocycles. The summed E-state index contributed by atoms with van der Waals surface area (Å²) in [4.78, 5) is 30.9. The Kier molecular flexibility index (Phi) is 7.79. The molecule has 0 radical (unpaired) electrons. The first-order valence-corrected chi connectivity index (χ1v) is 10.0. The molecule has 0 bridgehead atoms. The summed E-state index contributed by atoms with van der Waals surface area (Å²) < 4.78 is 5.10. The summed E-state index contributed by atoms with van der Waals surface area (Å²) in [7, 11) is 1.57. The lowest BCUT2D eigenvalue weighted by Gasteiger charge is -2.22. The van der Waals surface area contributed by atoms with E-state index in [1.165, 1.54) is 11.3 Å². The monoisotopic (exact) mass is 424 g/mol. The van der Waals surface area contributed by atoms with Gasteiger partial charge in [0.05, 0.1) is 13.2 Å². The molecule has 0 unspecified atom stereocenters. The number of rotatable bonds is 7. The molecule has 2 rings (SSSR count). The Morgan fingerprint density at radius 1 is 1.32 bits per heavy atom. The van der Waals surface area contributed by atoms with Crippen molar-refractivity contribution in [2.24, 2.45) is 0 Å². The number of carbonyl (C=O) groups excluding carboxylic acids is 2. The van der Waals surface area contributed by atoms with Crippen molar-refractivity contribution < 1.29 is 14.3 Å². The van der Waals surface area contributed by atoms with Gasteiger partial charge >= 0.3 is 6.03 Å². The van der Waals surface area contributed by atoms with Gasteiger partial charge in [-0.25, -0.2) is 9.78 Å². The number of urea groups is 1. The summed E-state index contributed by atoms with van der Waals surface area (Å²) in [5, 5.41) is 8.59. The van der Waals surface area contributed by atoms with E-state index in [0.717, 1.165) is 0 Å². The normalized spacial score (nSPS) is 11.2. The standard InChI is InChI=1S/C19H25ClN4O3S/c1-19(2,3)23-17(25)15-12-28-16(22-15)11-24(8-9-27-4)18(26)21-14-7-5-6-13(20)10-14/h5-7,10,12H,8-9,11H2,1-4H3,(H,21,26)(H,23,25). The molecule has 0 aliphatic rings. The van der Waals surface area contributed by atoms with E-state index in [0.29, 0.717) is 34.6 Å². The highest BCUT2D eigenvalue weighted by atomic mass is 35.5. The molecule has 0 aliphatic carbocycles. The molecule has 0 fully saturated rings. The number of nitrogens with one attached hydrogen (secondary N) is 2. The maximum absolute atomic E-state index is 12.7. The molecule has 28 heavy (non-hydrogen) atoms. The average Bonchev–Trinajstić information content (AvgIpc) is 3.06. The van der Waals surface area contributed by atoms with Crippen LogP contribution in [0.15, 0.2) is 29.6 Å². The van der Waals surface area contributed by atoms with Gasteiger partial charge < -0.3 is 20.3 Å². The van der Waals surface area contributed by atoms with Crippen molar-refractivity contribution in [2.75, 3.05) is 25.6 Å². The van der Waals surface area contributed by atoms with Crippen molar-refractivity contribution in [1.29, 1.82) is 0 Å². The first kappa shape index (κ1) is 22.1. The summed E-state index contributed by atoms with van der Waals surface area (Å²) in [5.74, 6) is -0.234.